The second-order valence-electron chi connectivity index (χ2n) is 10.2. The smallest absolute Gasteiger partial charge is 0.406 e. The zero-order valence-corrected chi connectivity index (χ0v) is 19.7. The Labute approximate surface area is 203 Å². The number of alkyl halides is 3. The molecule has 1 spiro atoms. The highest BCUT2D eigenvalue weighted by molar-refractivity contribution is 6.13. The molecule has 0 unspecified atom stereocenters. The molecule has 2 aromatic heterocycles. The molecule has 2 N–H and O–H groups in total. The molecule has 3 aromatic rings. The Morgan fingerprint density at radius 2 is 1.89 bits per heavy atom. The maximum Gasteiger partial charge on any atom is 0.573 e. The zero-order chi connectivity index (χ0) is 25.8. The summed E-state index contributed by atoms with van der Waals surface area (Å²) in [6.07, 6.45) is -0.923. The molecule has 2 aliphatic carbocycles. The van der Waals surface area contributed by atoms with Crippen molar-refractivity contribution in [1.82, 2.24) is 14.9 Å². The lowest BCUT2D eigenvalue weighted by Crippen LogP contribution is -2.33. The van der Waals surface area contributed by atoms with E-state index in [2.05, 4.69) is 15.0 Å². The fourth-order valence-electron chi connectivity index (χ4n) is 5.76. The van der Waals surface area contributed by atoms with Crippen molar-refractivity contribution in [1.29, 1.82) is 0 Å². The number of hydrogen-bond acceptors (Lipinski definition) is 4. The van der Waals surface area contributed by atoms with Crippen molar-refractivity contribution in [2.45, 2.75) is 49.4 Å². The summed E-state index contributed by atoms with van der Waals surface area (Å²) >= 11 is 0. The predicted octanol–water partition coefficient (Wildman–Crippen LogP) is 3.23. The number of fused-ring (bicyclic) bond motifs is 3. The minimum absolute atomic E-state index is 0.143. The summed E-state index contributed by atoms with van der Waals surface area (Å²) in [5, 5.41) is 3.46. The summed E-state index contributed by atoms with van der Waals surface area (Å²) in [7, 11) is 3.13. The van der Waals surface area contributed by atoms with Crippen LogP contribution in [0.25, 0.3) is 10.9 Å². The predicted molar refractivity (Wildman–Crippen MR) is 124 cm³/mol. The molecule has 2 saturated carbocycles. The van der Waals surface area contributed by atoms with Gasteiger partial charge in [-0.2, -0.15) is 0 Å². The van der Waals surface area contributed by atoms with Crippen LogP contribution in [0.4, 0.5) is 18.9 Å². The molecule has 3 aliphatic rings. The summed E-state index contributed by atoms with van der Waals surface area (Å²) in [4.78, 5) is 43.5. The van der Waals surface area contributed by atoms with Gasteiger partial charge in [0.25, 0.3) is 11.5 Å². The molecule has 0 saturated heterocycles. The summed E-state index contributed by atoms with van der Waals surface area (Å²) in [6.45, 7) is 1.91. The van der Waals surface area contributed by atoms with Crippen LogP contribution < -0.4 is 20.5 Å². The van der Waals surface area contributed by atoms with E-state index in [-0.39, 0.29) is 34.6 Å². The van der Waals surface area contributed by atoms with Crippen molar-refractivity contribution in [3.05, 3.63) is 57.6 Å². The largest absolute Gasteiger partial charge is 0.573 e. The fraction of sp³-hybridized carbons (Fsp3) is 0.400. The van der Waals surface area contributed by atoms with Crippen LogP contribution in [0.3, 0.4) is 0 Å². The lowest BCUT2D eigenvalue weighted by Gasteiger charge is -2.20. The van der Waals surface area contributed by atoms with Crippen LogP contribution in [-0.4, -0.2) is 40.8 Å². The lowest BCUT2D eigenvalue weighted by molar-refractivity contribution is -0.274. The van der Waals surface area contributed by atoms with Gasteiger partial charge in [-0.05, 0) is 42.5 Å². The Morgan fingerprint density at radius 3 is 2.56 bits per heavy atom. The number of ether oxygens (including phenoxy) is 1. The Kier molecular flexibility index (Phi) is 4.36. The first-order chi connectivity index (χ1) is 16.9. The highest BCUT2D eigenvalue weighted by Gasteiger charge is 2.74. The van der Waals surface area contributed by atoms with E-state index in [0.29, 0.717) is 28.6 Å². The third kappa shape index (κ3) is 3.04. The van der Waals surface area contributed by atoms with Crippen molar-refractivity contribution in [3.8, 4) is 5.75 Å². The quantitative estimate of drug-likeness (QED) is 0.575. The average molecular weight is 500 g/mol. The number of carbonyl (C=O) groups is 2. The lowest BCUT2D eigenvalue weighted by atomic mass is 9.83. The topological polar surface area (TPSA) is 96.4 Å². The van der Waals surface area contributed by atoms with E-state index in [1.807, 2.05) is 6.92 Å². The molecular weight excluding hydrogens is 477 g/mol. The number of pyridine rings is 1. The number of hydrogen-bond donors (Lipinski definition) is 2. The molecular formula is C25H23F3N4O4. The van der Waals surface area contributed by atoms with Crippen LogP contribution in [0.2, 0.25) is 0 Å². The number of benzene rings is 1. The van der Waals surface area contributed by atoms with Gasteiger partial charge in [-0.1, -0.05) is 13.0 Å². The Hall–Kier alpha value is -3.76. The van der Waals surface area contributed by atoms with Gasteiger partial charge in [0.2, 0.25) is 5.91 Å². The standard InChI is InChI=1S/C25H23F3N4O4/c1-23(11-24(23)15-7-6-13(36-25(26,27)28)8-18(15)32(3)22(24)35)16-10-31(2)21(34)19-14(16)9-17(30-19)20(33)29-12-4-5-12/h6-10,12,30H,4-5,11H2,1-3H3,(H,29,33)/t23-,24+/m0/s1. The number of rotatable bonds is 4. The second-order valence-corrected chi connectivity index (χ2v) is 10.2. The summed E-state index contributed by atoms with van der Waals surface area (Å²) in [5.41, 5.74) is 0.142. The first-order valence-corrected chi connectivity index (χ1v) is 11.6. The molecule has 2 fully saturated rings. The van der Waals surface area contributed by atoms with Gasteiger partial charge in [-0.3, -0.25) is 14.4 Å². The highest BCUT2D eigenvalue weighted by atomic mass is 19.4. The van der Waals surface area contributed by atoms with E-state index < -0.39 is 22.9 Å². The van der Waals surface area contributed by atoms with Crippen LogP contribution >= 0.6 is 0 Å². The van der Waals surface area contributed by atoms with Gasteiger partial charge >= 0.3 is 6.36 Å². The number of carbonyl (C=O) groups excluding carboxylic acids is 2. The minimum Gasteiger partial charge on any atom is -0.406 e. The second kappa shape index (κ2) is 6.92. The minimum atomic E-state index is -4.85. The van der Waals surface area contributed by atoms with Gasteiger partial charge in [-0.15, -0.1) is 13.2 Å². The molecule has 6 rings (SSSR count). The number of anilines is 1. The molecule has 36 heavy (non-hydrogen) atoms. The van der Waals surface area contributed by atoms with E-state index in [9.17, 15) is 27.6 Å². The van der Waals surface area contributed by atoms with Crippen LogP contribution in [0.5, 0.6) is 5.75 Å². The Balaban J connectivity index is 1.46. The highest BCUT2D eigenvalue weighted by Crippen LogP contribution is 2.70. The number of nitrogens with one attached hydrogen (secondary N) is 2. The molecule has 1 aliphatic heterocycles. The fourth-order valence-corrected chi connectivity index (χ4v) is 5.76. The van der Waals surface area contributed by atoms with Crippen LogP contribution in [-0.2, 0) is 22.7 Å². The zero-order valence-electron chi connectivity index (χ0n) is 19.7. The molecule has 1 aromatic carbocycles. The molecule has 0 bridgehead atoms. The SMILES string of the molecule is CN1C(=O)[C@@]2(C[C@@]2(C)c2cn(C)c(=O)c3[nH]c(C(=O)NC4CC4)cc23)c2ccc(OC(F)(F)F)cc21. The summed E-state index contributed by atoms with van der Waals surface area (Å²) in [6, 6.07) is 5.73. The first kappa shape index (κ1) is 22.7. The molecule has 2 amide bonds. The van der Waals surface area contributed by atoms with Crippen molar-refractivity contribution in [2.24, 2.45) is 7.05 Å². The molecule has 8 nitrogen and oxygen atoms in total. The molecule has 0 radical (unpaired) electrons. The first-order valence-electron chi connectivity index (χ1n) is 11.6. The van der Waals surface area contributed by atoms with Crippen molar-refractivity contribution >= 4 is 28.4 Å². The van der Waals surface area contributed by atoms with E-state index in [4.69, 9.17) is 0 Å². The Bertz CT molecular complexity index is 1540. The Morgan fingerprint density at radius 1 is 1.17 bits per heavy atom. The van der Waals surface area contributed by atoms with Gasteiger partial charge in [0, 0.05) is 43.2 Å². The third-order valence-corrected chi connectivity index (χ3v) is 7.85. The average Bonchev–Trinajstić information content (AvgIpc) is 3.66. The number of aromatic amines is 1. The van der Waals surface area contributed by atoms with E-state index in [0.717, 1.165) is 12.8 Å². The number of aromatic nitrogens is 2. The summed E-state index contributed by atoms with van der Waals surface area (Å²) < 4.78 is 43.8. The normalized spacial score (nSPS) is 24.9. The molecule has 188 valence electrons. The maximum absolute atomic E-state index is 13.6. The van der Waals surface area contributed by atoms with Gasteiger partial charge in [0.05, 0.1) is 11.1 Å². The number of amides is 2. The van der Waals surface area contributed by atoms with Crippen molar-refractivity contribution < 1.29 is 27.5 Å². The number of nitrogens with zero attached hydrogens (tertiary/aromatic N) is 2. The van der Waals surface area contributed by atoms with Gasteiger partial charge in [-0.25, -0.2) is 0 Å². The van der Waals surface area contributed by atoms with E-state index in [1.54, 1.807) is 19.3 Å². The number of halogens is 3. The van der Waals surface area contributed by atoms with Crippen LogP contribution in [0, 0.1) is 0 Å². The van der Waals surface area contributed by atoms with Gasteiger partial charge in [0.15, 0.2) is 0 Å². The third-order valence-electron chi connectivity index (χ3n) is 7.85. The van der Waals surface area contributed by atoms with Crippen molar-refractivity contribution in [2.75, 3.05) is 11.9 Å². The number of H-pyrrole nitrogens is 1. The molecule has 11 heteroatoms. The van der Waals surface area contributed by atoms with Crippen LogP contribution in [0.1, 0.15) is 47.8 Å². The van der Waals surface area contributed by atoms with Crippen LogP contribution in [0.15, 0.2) is 35.3 Å². The molecule has 2 atom stereocenters. The monoisotopic (exact) mass is 500 g/mol. The van der Waals surface area contributed by atoms with E-state index >= 15 is 0 Å². The summed E-state index contributed by atoms with van der Waals surface area (Å²) in [5.74, 6) is -0.938. The number of aryl methyl sites for hydroxylation is 1. The van der Waals surface area contributed by atoms with E-state index in [1.165, 1.54) is 34.7 Å². The van der Waals surface area contributed by atoms with Crippen molar-refractivity contribution in [3.63, 3.8) is 0 Å². The van der Waals surface area contributed by atoms with Gasteiger partial charge in [0.1, 0.15) is 17.0 Å². The molecule has 3 heterocycles. The van der Waals surface area contributed by atoms with Gasteiger partial charge < -0.3 is 24.5 Å². The maximum atomic E-state index is 13.6. The number of likely N-dealkylation sites (N-methyl/N-ethyl adjacent to an activating group) is 1.